The van der Waals surface area contributed by atoms with E-state index in [4.69, 9.17) is 10.5 Å². The molecule has 2 aromatic heterocycles. The van der Waals surface area contributed by atoms with Gasteiger partial charge in [0.2, 0.25) is 5.88 Å². The number of benzene rings is 2. The molecule has 2 aromatic carbocycles. The maximum Gasteiger partial charge on any atom is 0.248 e. The lowest BCUT2D eigenvalue weighted by Gasteiger charge is -2.12. The lowest BCUT2D eigenvalue weighted by Crippen LogP contribution is -2.05. The number of ether oxygens (including phenoxy) is 1. The van der Waals surface area contributed by atoms with Crippen LogP contribution >= 0.6 is 0 Å². The topological polar surface area (TPSA) is 78.9 Å². The second kappa shape index (κ2) is 6.48. The minimum atomic E-state index is 0.324. The van der Waals surface area contributed by atoms with Gasteiger partial charge < -0.3 is 10.5 Å². The Kier molecular flexibility index (Phi) is 4.01. The maximum atomic E-state index is 6.29. The van der Waals surface area contributed by atoms with Crippen LogP contribution in [0, 0.1) is 0 Å². The summed E-state index contributed by atoms with van der Waals surface area (Å²) in [6.45, 7) is 4.31. The van der Waals surface area contributed by atoms with Crippen LogP contribution in [0.4, 0.5) is 5.69 Å². The number of nitrogens with two attached hydrogens (primary N) is 1. The number of rotatable bonds is 4. The summed E-state index contributed by atoms with van der Waals surface area (Å²) in [5.41, 5.74) is 9.70. The molecule has 4 aromatic rings. The van der Waals surface area contributed by atoms with Crippen LogP contribution in [0.15, 0.2) is 61.2 Å². The Labute approximate surface area is 151 Å². The van der Waals surface area contributed by atoms with Crippen molar-refractivity contribution in [3.05, 3.63) is 66.7 Å². The predicted molar refractivity (Wildman–Crippen MR) is 102 cm³/mol. The van der Waals surface area contributed by atoms with Gasteiger partial charge in [-0.05, 0) is 35.7 Å². The third-order valence-corrected chi connectivity index (χ3v) is 4.27. The molecule has 0 amide bonds. The first-order valence-electron chi connectivity index (χ1n) is 8.44. The first kappa shape index (κ1) is 16.1. The van der Waals surface area contributed by atoms with Crippen molar-refractivity contribution in [2.45, 2.75) is 19.8 Å². The molecule has 6 nitrogen and oxygen atoms in total. The smallest absolute Gasteiger partial charge is 0.248 e. The second-order valence-electron chi connectivity index (χ2n) is 6.35. The number of nitrogen functional groups attached to an aromatic ring is 1. The molecule has 130 valence electrons. The normalized spacial score (nSPS) is 11.2. The van der Waals surface area contributed by atoms with Crippen molar-refractivity contribution in [1.29, 1.82) is 0 Å². The Morgan fingerprint density at radius 2 is 1.73 bits per heavy atom. The van der Waals surface area contributed by atoms with E-state index in [1.807, 2.05) is 53.1 Å². The van der Waals surface area contributed by atoms with Gasteiger partial charge in [0.1, 0.15) is 24.1 Å². The van der Waals surface area contributed by atoms with E-state index >= 15 is 0 Å². The summed E-state index contributed by atoms with van der Waals surface area (Å²) in [6, 6.07) is 15.7. The van der Waals surface area contributed by atoms with E-state index in [2.05, 4.69) is 28.8 Å². The molecule has 2 heterocycles. The molecule has 0 radical (unpaired) electrons. The van der Waals surface area contributed by atoms with Crippen molar-refractivity contribution in [2.75, 3.05) is 5.73 Å². The first-order chi connectivity index (χ1) is 12.6. The number of nitrogens with zero attached hydrogens (tertiary/aromatic N) is 4. The van der Waals surface area contributed by atoms with Crippen LogP contribution in [0.5, 0.6) is 11.6 Å². The molecule has 26 heavy (non-hydrogen) atoms. The average Bonchev–Trinajstić information content (AvgIpc) is 3.08. The highest BCUT2D eigenvalue weighted by Gasteiger charge is 2.14. The van der Waals surface area contributed by atoms with E-state index in [1.54, 1.807) is 6.33 Å². The Balaban J connectivity index is 1.70. The van der Waals surface area contributed by atoms with Gasteiger partial charge in [-0.3, -0.25) is 4.57 Å². The third-order valence-electron chi connectivity index (χ3n) is 4.27. The van der Waals surface area contributed by atoms with Crippen molar-refractivity contribution in [1.82, 2.24) is 19.5 Å². The predicted octanol–water partition coefficient (Wildman–Crippen LogP) is 4.31. The molecule has 6 heteroatoms. The Bertz CT molecular complexity index is 1050. The van der Waals surface area contributed by atoms with Gasteiger partial charge in [0, 0.05) is 0 Å². The second-order valence-corrected chi connectivity index (χ2v) is 6.35. The minimum absolute atomic E-state index is 0.324. The van der Waals surface area contributed by atoms with Crippen molar-refractivity contribution in [3.63, 3.8) is 0 Å². The highest BCUT2D eigenvalue weighted by molar-refractivity contribution is 5.78. The van der Waals surface area contributed by atoms with Gasteiger partial charge in [-0.15, -0.1) is 0 Å². The quantitative estimate of drug-likeness (QED) is 0.596. The number of hydrogen-bond acceptors (Lipinski definition) is 5. The highest BCUT2D eigenvalue weighted by atomic mass is 16.5. The molecule has 0 unspecified atom stereocenters. The van der Waals surface area contributed by atoms with Crippen molar-refractivity contribution < 1.29 is 4.74 Å². The van der Waals surface area contributed by atoms with Gasteiger partial charge in [0.05, 0.1) is 11.0 Å². The standard InChI is InChI=1S/C20H19N5O/c1-13(2)14-7-9-15(10-8-14)26-20-18(21)19(22-11-23-20)25-12-24-16-5-3-4-6-17(16)25/h3-13H,21H2,1-2H3. The van der Waals surface area contributed by atoms with E-state index in [9.17, 15) is 0 Å². The minimum Gasteiger partial charge on any atom is -0.437 e. The molecule has 0 aliphatic carbocycles. The monoisotopic (exact) mass is 345 g/mol. The van der Waals surface area contributed by atoms with Gasteiger partial charge in [0.25, 0.3) is 0 Å². The lowest BCUT2D eigenvalue weighted by molar-refractivity contribution is 0.463. The molecule has 0 fully saturated rings. The molecule has 0 saturated carbocycles. The molecule has 0 spiro atoms. The summed E-state index contributed by atoms with van der Waals surface area (Å²) in [5, 5.41) is 0. The van der Waals surface area contributed by atoms with Crippen LogP contribution in [-0.4, -0.2) is 19.5 Å². The van der Waals surface area contributed by atoms with Crippen LogP contribution in [-0.2, 0) is 0 Å². The Morgan fingerprint density at radius 1 is 0.962 bits per heavy atom. The zero-order chi connectivity index (χ0) is 18.1. The van der Waals surface area contributed by atoms with E-state index in [0.29, 0.717) is 29.1 Å². The summed E-state index contributed by atoms with van der Waals surface area (Å²) in [4.78, 5) is 12.9. The summed E-state index contributed by atoms with van der Waals surface area (Å²) in [5.74, 6) is 2.02. The van der Waals surface area contributed by atoms with E-state index in [0.717, 1.165) is 11.0 Å². The summed E-state index contributed by atoms with van der Waals surface area (Å²) in [7, 11) is 0. The van der Waals surface area contributed by atoms with Crippen molar-refractivity contribution in [3.8, 4) is 17.4 Å². The SMILES string of the molecule is CC(C)c1ccc(Oc2ncnc(-n3cnc4ccccc43)c2N)cc1. The maximum absolute atomic E-state index is 6.29. The molecular formula is C20H19N5O. The summed E-state index contributed by atoms with van der Waals surface area (Å²) < 4.78 is 7.72. The molecule has 0 aliphatic rings. The van der Waals surface area contributed by atoms with Gasteiger partial charge in [0.15, 0.2) is 5.82 Å². The van der Waals surface area contributed by atoms with E-state index in [1.165, 1.54) is 11.9 Å². The van der Waals surface area contributed by atoms with Gasteiger partial charge >= 0.3 is 0 Å². The van der Waals surface area contributed by atoms with Crippen LogP contribution < -0.4 is 10.5 Å². The fraction of sp³-hybridized carbons (Fsp3) is 0.150. The van der Waals surface area contributed by atoms with Gasteiger partial charge in [-0.2, -0.15) is 4.98 Å². The van der Waals surface area contributed by atoms with Crippen LogP contribution in [0.3, 0.4) is 0 Å². The highest BCUT2D eigenvalue weighted by Crippen LogP contribution is 2.30. The largest absolute Gasteiger partial charge is 0.437 e. The van der Waals surface area contributed by atoms with E-state index < -0.39 is 0 Å². The Morgan fingerprint density at radius 3 is 2.50 bits per heavy atom. The Hall–Kier alpha value is -3.41. The number of para-hydroxylation sites is 2. The van der Waals surface area contributed by atoms with E-state index in [-0.39, 0.29) is 0 Å². The zero-order valence-electron chi connectivity index (χ0n) is 14.6. The lowest BCUT2D eigenvalue weighted by atomic mass is 10.0. The van der Waals surface area contributed by atoms with Crippen LogP contribution in [0.25, 0.3) is 16.9 Å². The average molecular weight is 345 g/mol. The fourth-order valence-electron chi connectivity index (χ4n) is 2.80. The first-order valence-corrected chi connectivity index (χ1v) is 8.44. The van der Waals surface area contributed by atoms with Crippen molar-refractivity contribution in [2.24, 2.45) is 0 Å². The summed E-state index contributed by atoms with van der Waals surface area (Å²) >= 11 is 0. The zero-order valence-corrected chi connectivity index (χ0v) is 14.6. The molecule has 0 bridgehead atoms. The summed E-state index contributed by atoms with van der Waals surface area (Å²) in [6.07, 6.45) is 3.14. The van der Waals surface area contributed by atoms with Gasteiger partial charge in [-0.1, -0.05) is 38.1 Å². The number of imidazole rings is 1. The van der Waals surface area contributed by atoms with Crippen LogP contribution in [0.2, 0.25) is 0 Å². The molecule has 2 N–H and O–H groups in total. The number of hydrogen-bond donors (Lipinski definition) is 1. The van der Waals surface area contributed by atoms with Gasteiger partial charge in [-0.25, -0.2) is 9.97 Å². The molecule has 0 saturated heterocycles. The van der Waals surface area contributed by atoms with Crippen LogP contribution in [0.1, 0.15) is 25.3 Å². The number of fused-ring (bicyclic) bond motifs is 1. The number of anilines is 1. The third kappa shape index (κ3) is 2.86. The fourth-order valence-corrected chi connectivity index (χ4v) is 2.80. The molecule has 4 rings (SSSR count). The number of aromatic nitrogens is 4. The van der Waals surface area contributed by atoms with Crippen molar-refractivity contribution >= 4 is 16.7 Å². The molecule has 0 atom stereocenters. The molecule has 0 aliphatic heterocycles. The molecular weight excluding hydrogens is 326 g/mol.